The maximum atomic E-state index is 10.2. The largest absolute Gasteiger partial charge is 0.481 e. The number of amides is 1. The Bertz CT molecular complexity index is 293. The number of carbonyl (C=O) groups excluding carboxylic acids is 1. The van der Waals surface area contributed by atoms with E-state index in [1.165, 1.54) is 0 Å². The molecule has 0 aliphatic carbocycles. The van der Waals surface area contributed by atoms with Crippen molar-refractivity contribution in [2.24, 2.45) is 5.73 Å². The van der Waals surface area contributed by atoms with Gasteiger partial charge in [0.1, 0.15) is 5.75 Å². The lowest BCUT2D eigenvalue weighted by molar-refractivity contribution is -0.134. The molecule has 1 aromatic carbocycles. The van der Waals surface area contributed by atoms with Gasteiger partial charge in [0.25, 0.3) is 5.97 Å². The standard InChI is InChI=1S/C7H7NO2.C2H4O2/c8-7(9)10-6-4-2-1-3-5-6;1-2(3)4/h1-5H,(H2,8,9);1H3,(H,3,4). The van der Waals surface area contributed by atoms with E-state index in [0.29, 0.717) is 5.75 Å². The number of nitrogens with two attached hydrogens (primary N) is 1. The lowest BCUT2D eigenvalue weighted by Crippen LogP contribution is -2.15. The van der Waals surface area contributed by atoms with Gasteiger partial charge in [0.15, 0.2) is 0 Å². The minimum atomic E-state index is -0.833. The molecule has 0 fully saturated rings. The Kier molecular flexibility index (Phi) is 5.53. The zero-order valence-corrected chi connectivity index (χ0v) is 7.64. The summed E-state index contributed by atoms with van der Waals surface area (Å²) >= 11 is 0. The molecule has 3 N–H and O–H groups in total. The summed E-state index contributed by atoms with van der Waals surface area (Å²) in [4.78, 5) is 19.2. The maximum Gasteiger partial charge on any atom is 0.409 e. The third-order valence-electron chi connectivity index (χ3n) is 0.962. The minimum absolute atomic E-state index is 0.468. The first-order valence-electron chi connectivity index (χ1n) is 3.74. The zero-order chi connectivity index (χ0) is 11.0. The molecule has 0 saturated carbocycles. The van der Waals surface area contributed by atoms with E-state index in [2.05, 4.69) is 4.74 Å². The molecule has 0 aromatic heterocycles. The summed E-state index contributed by atoms with van der Waals surface area (Å²) in [5, 5.41) is 7.42. The Hall–Kier alpha value is -2.04. The average molecular weight is 197 g/mol. The van der Waals surface area contributed by atoms with Crippen LogP contribution in [0.3, 0.4) is 0 Å². The number of primary amides is 1. The van der Waals surface area contributed by atoms with Gasteiger partial charge in [-0.05, 0) is 12.1 Å². The smallest absolute Gasteiger partial charge is 0.409 e. The van der Waals surface area contributed by atoms with Crippen LogP contribution in [0.1, 0.15) is 6.92 Å². The summed E-state index contributed by atoms with van der Waals surface area (Å²) in [6.45, 7) is 1.08. The summed E-state index contributed by atoms with van der Waals surface area (Å²) in [6, 6.07) is 8.67. The summed E-state index contributed by atoms with van der Waals surface area (Å²) in [5.41, 5.74) is 4.76. The van der Waals surface area contributed by atoms with Crippen molar-refractivity contribution in [1.29, 1.82) is 0 Å². The molecule has 14 heavy (non-hydrogen) atoms. The Morgan fingerprint density at radius 2 is 1.71 bits per heavy atom. The number of para-hydroxylation sites is 1. The summed E-state index contributed by atoms with van der Waals surface area (Å²) in [5.74, 6) is -0.366. The fourth-order valence-electron chi connectivity index (χ4n) is 0.605. The predicted octanol–water partition coefficient (Wildman–Crippen LogP) is 1.24. The molecule has 0 unspecified atom stereocenters. The van der Waals surface area contributed by atoms with Gasteiger partial charge in [-0.25, -0.2) is 4.79 Å². The Morgan fingerprint density at radius 1 is 1.29 bits per heavy atom. The van der Waals surface area contributed by atoms with Crippen molar-refractivity contribution in [3.05, 3.63) is 30.3 Å². The third kappa shape index (κ3) is 8.06. The lowest BCUT2D eigenvalue weighted by Gasteiger charge is -1.96. The van der Waals surface area contributed by atoms with Gasteiger partial charge in [0, 0.05) is 6.92 Å². The molecular formula is C9H11NO4. The van der Waals surface area contributed by atoms with Gasteiger partial charge in [-0.3, -0.25) is 4.79 Å². The van der Waals surface area contributed by atoms with Crippen molar-refractivity contribution in [1.82, 2.24) is 0 Å². The van der Waals surface area contributed by atoms with Crippen molar-refractivity contribution < 1.29 is 19.4 Å². The Labute approximate surface area is 81.1 Å². The van der Waals surface area contributed by atoms with E-state index in [9.17, 15) is 4.79 Å². The molecule has 0 bridgehead atoms. The van der Waals surface area contributed by atoms with Gasteiger partial charge < -0.3 is 15.6 Å². The number of aliphatic carboxylic acids is 1. The van der Waals surface area contributed by atoms with E-state index in [1.54, 1.807) is 24.3 Å². The second-order valence-electron chi connectivity index (χ2n) is 2.25. The highest BCUT2D eigenvalue weighted by atomic mass is 16.5. The van der Waals surface area contributed by atoms with E-state index in [1.807, 2.05) is 6.07 Å². The second-order valence-corrected chi connectivity index (χ2v) is 2.25. The molecule has 0 aliphatic rings. The molecule has 1 rings (SSSR count). The van der Waals surface area contributed by atoms with Gasteiger partial charge in [0.05, 0.1) is 0 Å². The highest BCUT2D eigenvalue weighted by Crippen LogP contribution is 2.07. The van der Waals surface area contributed by atoms with Gasteiger partial charge >= 0.3 is 6.09 Å². The van der Waals surface area contributed by atoms with E-state index in [4.69, 9.17) is 15.6 Å². The number of carboxylic acid groups (broad SMARTS) is 1. The molecule has 0 aliphatic heterocycles. The van der Waals surface area contributed by atoms with Crippen LogP contribution in [0.2, 0.25) is 0 Å². The second kappa shape index (κ2) is 6.47. The first kappa shape index (κ1) is 12.0. The van der Waals surface area contributed by atoms with Gasteiger partial charge in [-0.2, -0.15) is 0 Å². The molecule has 1 amide bonds. The molecule has 0 atom stereocenters. The molecule has 76 valence electrons. The number of benzene rings is 1. The normalized spacial score (nSPS) is 8.07. The predicted molar refractivity (Wildman–Crippen MR) is 50.0 cm³/mol. The number of hydrogen-bond donors (Lipinski definition) is 2. The molecule has 0 radical (unpaired) electrons. The SMILES string of the molecule is CC(=O)O.NC(=O)Oc1ccccc1. The lowest BCUT2D eigenvalue weighted by atomic mass is 10.3. The third-order valence-corrected chi connectivity index (χ3v) is 0.962. The van der Waals surface area contributed by atoms with Gasteiger partial charge in [-0.15, -0.1) is 0 Å². The van der Waals surface area contributed by atoms with Crippen LogP contribution in [-0.2, 0) is 4.79 Å². The molecule has 0 spiro atoms. The minimum Gasteiger partial charge on any atom is -0.481 e. The van der Waals surface area contributed by atoms with E-state index in [0.717, 1.165) is 6.92 Å². The number of rotatable bonds is 1. The van der Waals surface area contributed by atoms with Crippen LogP contribution >= 0.6 is 0 Å². The van der Waals surface area contributed by atoms with Crippen molar-refractivity contribution in [2.45, 2.75) is 6.92 Å². The number of carbonyl (C=O) groups is 2. The van der Waals surface area contributed by atoms with Crippen LogP contribution in [0, 0.1) is 0 Å². The van der Waals surface area contributed by atoms with Crippen molar-refractivity contribution >= 4 is 12.1 Å². The van der Waals surface area contributed by atoms with Crippen LogP contribution < -0.4 is 10.5 Å². The van der Waals surface area contributed by atoms with Gasteiger partial charge in [-0.1, -0.05) is 18.2 Å². The fourth-order valence-corrected chi connectivity index (χ4v) is 0.605. The Morgan fingerprint density at radius 3 is 2.07 bits per heavy atom. The molecule has 0 heterocycles. The van der Waals surface area contributed by atoms with E-state index >= 15 is 0 Å². The molecule has 0 saturated heterocycles. The van der Waals surface area contributed by atoms with Gasteiger partial charge in [0.2, 0.25) is 0 Å². The number of ether oxygens (including phenoxy) is 1. The molecule has 5 nitrogen and oxygen atoms in total. The fraction of sp³-hybridized carbons (Fsp3) is 0.111. The maximum absolute atomic E-state index is 10.2. The average Bonchev–Trinajstić information content (AvgIpc) is 2.03. The van der Waals surface area contributed by atoms with Crippen molar-refractivity contribution in [3.8, 4) is 5.75 Å². The van der Waals surface area contributed by atoms with Crippen LogP contribution in [0.5, 0.6) is 5.75 Å². The first-order valence-corrected chi connectivity index (χ1v) is 3.74. The van der Waals surface area contributed by atoms with E-state index in [-0.39, 0.29) is 0 Å². The molecule has 5 heteroatoms. The number of carboxylic acids is 1. The van der Waals surface area contributed by atoms with Crippen LogP contribution in [0.25, 0.3) is 0 Å². The first-order chi connectivity index (χ1) is 6.52. The van der Waals surface area contributed by atoms with Crippen molar-refractivity contribution in [2.75, 3.05) is 0 Å². The van der Waals surface area contributed by atoms with Crippen molar-refractivity contribution in [3.63, 3.8) is 0 Å². The summed E-state index contributed by atoms with van der Waals surface area (Å²) in [6.07, 6.45) is -0.786. The molecular weight excluding hydrogens is 186 g/mol. The number of hydrogen-bond acceptors (Lipinski definition) is 3. The van der Waals surface area contributed by atoms with E-state index < -0.39 is 12.1 Å². The van der Waals surface area contributed by atoms with Crippen LogP contribution in [-0.4, -0.2) is 17.2 Å². The van der Waals surface area contributed by atoms with Crippen LogP contribution in [0.4, 0.5) is 4.79 Å². The monoisotopic (exact) mass is 197 g/mol. The topological polar surface area (TPSA) is 89.6 Å². The summed E-state index contributed by atoms with van der Waals surface area (Å²) < 4.78 is 4.55. The zero-order valence-electron chi connectivity index (χ0n) is 7.64. The highest BCUT2D eigenvalue weighted by Gasteiger charge is 1.93. The molecule has 1 aromatic rings. The van der Waals surface area contributed by atoms with Crippen LogP contribution in [0.15, 0.2) is 30.3 Å². The quantitative estimate of drug-likeness (QED) is 0.708. The highest BCUT2D eigenvalue weighted by molar-refractivity contribution is 5.67. The Balaban J connectivity index is 0.000000364. The summed E-state index contributed by atoms with van der Waals surface area (Å²) in [7, 11) is 0.